The van der Waals surface area contributed by atoms with Crippen molar-refractivity contribution >= 4 is 5.97 Å². The molecule has 1 aliphatic rings. The third kappa shape index (κ3) is 3.27. The molecule has 0 radical (unpaired) electrons. The average Bonchev–Trinajstić information content (AvgIpc) is 2.15. The van der Waals surface area contributed by atoms with E-state index in [2.05, 4.69) is 12.2 Å². The Hall–Kier alpha value is -0.610. The van der Waals surface area contributed by atoms with E-state index in [0.29, 0.717) is 6.54 Å². The zero-order chi connectivity index (χ0) is 10.6. The lowest BCUT2D eigenvalue weighted by Crippen LogP contribution is -2.48. The molecule has 1 fully saturated rings. The van der Waals surface area contributed by atoms with Gasteiger partial charge in [-0.1, -0.05) is 6.92 Å². The van der Waals surface area contributed by atoms with E-state index < -0.39 is 5.97 Å². The van der Waals surface area contributed by atoms with Crippen molar-refractivity contribution in [2.24, 2.45) is 5.92 Å². The van der Waals surface area contributed by atoms with Crippen LogP contribution in [0.15, 0.2) is 0 Å². The van der Waals surface area contributed by atoms with Gasteiger partial charge in [-0.2, -0.15) is 0 Å². The molecule has 0 aromatic heterocycles. The average molecular weight is 201 g/mol. The van der Waals surface area contributed by atoms with Crippen LogP contribution < -0.4 is 5.32 Å². The number of hydrogen-bond acceptors (Lipinski definition) is 3. The maximum atomic E-state index is 10.6. The van der Waals surface area contributed by atoms with Crippen molar-refractivity contribution in [2.45, 2.75) is 32.2 Å². The van der Waals surface area contributed by atoms with Crippen molar-refractivity contribution < 1.29 is 14.6 Å². The van der Waals surface area contributed by atoms with Crippen molar-refractivity contribution in [1.29, 1.82) is 0 Å². The highest BCUT2D eigenvalue weighted by Crippen LogP contribution is 2.19. The summed E-state index contributed by atoms with van der Waals surface area (Å²) in [6, 6.07) is 0. The molecule has 1 saturated heterocycles. The molecule has 14 heavy (non-hydrogen) atoms. The fourth-order valence-electron chi connectivity index (χ4n) is 1.49. The smallest absolute Gasteiger partial charge is 0.307 e. The van der Waals surface area contributed by atoms with Gasteiger partial charge in [-0.15, -0.1) is 0 Å². The van der Waals surface area contributed by atoms with Crippen molar-refractivity contribution in [2.75, 3.05) is 19.8 Å². The first-order valence-corrected chi connectivity index (χ1v) is 5.09. The number of carboxylic acids is 1. The fraction of sp³-hybridized carbons (Fsp3) is 0.900. The molecule has 2 N–H and O–H groups in total. The minimum absolute atomic E-state index is 0.0575. The molecule has 1 rings (SSSR count). The molecule has 1 aliphatic heterocycles. The van der Waals surface area contributed by atoms with Crippen LogP contribution in [-0.4, -0.2) is 36.4 Å². The summed E-state index contributed by atoms with van der Waals surface area (Å²) in [6.07, 6.45) is 1.92. The van der Waals surface area contributed by atoms with E-state index in [1.54, 1.807) is 6.92 Å². The second-order valence-electron chi connectivity index (χ2n) is 4.29. The number of carboxylic acid groups (broad SMARTS) is 1. The van der Waals surface area contributed by atoms with Crippen LogP contribution in [0, 0.1) is 5.92 Å². The van der Waals surface area contributed by atoms with Crippen LogP contribution in [0.4, 0.5) is 0 Å². The Morgan fingerprint density at radius 2 is 2.14 bits per heavy atom. The van der Waals surface area contributed by atoms with Crippen LogP contribution in [-0.2, 0) is 9.53 Å². The Morgan fingerprint density at radius 1 is 1.57 bits per heavy atom. The maximum Gasteiger partial charge on any atom is 0.307 e. The van der Waals surface area contributed by atoms with Crippen molar-refractivity contribution in [3.05, 3.63) is 0 Å². The van der Waals surface area contributed by atoms with Gasteiger partial charge >= 0.3 is 5.97 Å². The van der Waals surface area contributed by atoms with Crippen LogP contribution in [0.3, 0.4) is 0 Å². The predicted octanol–water partition coefficient (Wildman–Crippen LogP) is 0.866. The molecule has 0 amide bonds. The number of aliphatic carboxylic acids is 1. The molecule has 0 saturated carbocycles. The molecule has 82 valence electrons. The summed E-state index contributed by atoms with van der Waals surface area (Å²) in [7, 11) is 0. The largest absolute Gasteiger partial charge is 0.481 e. The molecule has 1 unspecified atom stereocenters. The van der Waals surface area contributed by atoms with Gasteiger partial charge in [-0.3, -0.25) is 4.79 Å². The van der Waals surface area contributed by atoms with Crippen molar-refractivity contribution in [1.82, 2.24) is 5.32 Å². The number of hydrogen-bond donors (Lipinski definition) is 2. The van der Waals surface area contributed by atoms with E-state index in [1.165, 1.54) is 0 Å². The SMILES string of the molecule is CC(CNC1(C)CCOCC1)C(=O)O. The van der Waals surface area contributed by atoms with Gasteiger partial charge in [0.1, 0.15) is 0 Å². The minimum atomic E-state index is -0.742. The van der Waals surface area contributed by atoms with Gasteiger partial charge in [0.05, 0.1) is 5.92 Å². The van der Waals surface area contributed by atoms with Gasteiger partial charge in [-0.25, -0.2) is 0 Å². The quantitative estimate of drug-likeness (QED) is 0.708. The molecule has 4 nitrogen and oxygen atoms in total. The molecule has 0 aromatic rings. The second kappa shape index (κ2) is 4.75. The summed E-state index contributed by atoms with van der Waals surface area (Å²) >= 11 is 0. The van der Waals surface area contributed by atoms with Gasteiger partial charge in [0.2, 0.25) is 0 Å². The Morgan fingerprint density at radius 3 is 2.64 bits per heavy atom. The minimum Gasteiger partial charge on any atom is -0.481 e. The molecule has 4 heteroatoms. The van der Waals surface area contributed by atoms with Gasteiger partial charge < -0.3 is 15.2 Å². The van der Waals surface area contributed by atoms with Crippen LogP contribution in [0.5, 0.6) is 0 Å². The standard InChI is InChI=1S/C10H19NO3/c1-8(9(12)13)7-11-10(2)3-5-14-6-4-10/h8,11H,3-7H2,1-2H3,(H,12,13). The summed E-state index contributed by atoms with van der Waals surface area (Å²) in [5.74, 6) is -1.07. The zero-order valence-electron chi connectivity index (χ0n) is 8.88. The molecule has 1 atom stereocenters. The third-order valence-electron chi connectivity index (χ3n) is 2.85. The fourth-order valence-corrected chi connectivity index (χ4v) is 1.49. The molecule has 1 heterocycles. The first-order valence-electron chi connectivity index (χ1n) is 5.09. The number of ether oxygens (including phenoxy) is 1. The Kier molecular flexibility index (Phi) is 3.89. The summed E-state index contributed by atoms with van der Waals surface area (Å²) in [4.78, 5) is 10.6. The molecule has 0 aliphatic carbocycles. The van der Waals surface area contributed by atoms with E-state index in [9.17, 15) is 4.79 Å². The lowest BCUT2D eigenvalue weighted by atomic mass is 9.92. The van der Waals surface area contributed by atoms with E-state index in [4.69, 9.17) is 9.84 Å². The number of rotatable bonds is 4. The summed E-state index contributed by atoms with van der Waals surface area (Å²) in [5.41, 5.74) is 0.0575. The first kappa shape index (κ1) is 11.5. The van der Waals surface area contributed by atoms with Crippen LogP contribution in [0.25, 0.3) is 0 Å². The second-order valence-corrected chi connectivity index (χ2v) is 4.29. The van der Waals surface area contributed by atoms with Crippen LogP contribution >= 0.6 is 0 Å². The maximum absolute atomic E-state index is 10.6. The predicted molar refractivity (Wildman–Crippen MR) is 53.3 cm³/mol. The lowest BCUT2D eigenvalue weighted by molar-refractivity contribution is -0.141. The topological polar surface area (TPSA) is 58.6 Å². The molecular formula is C10H19NO3. The molecular weight excluding hydrogens is 182 g/mol. The molecule has 0 bridgehead atoms. The Labute approximate surface area is 84.6 Å². The molecule has 0 aromatic carbocycles. The Bertz CT molecular complexity index is 200. The highest BCUT2D eigenvalue weighted by molar-refractivity contribution is 5.69. The van der Waals surface area contributed by atoms with Gasteiger partial charge in [0.15, 0.2) is 0 Å². The number of carbonyl (C=O) groups is 1. The van der Waals surface area contributed by atoms with Crippen molar-refractivity contribution in [3.63, 3.8) is 0 Å². The van der Waals surface area contributed by atoms with E-state index in [1.807, 2.05) is 0 Å². The lowest BCUT2D eigenvalue weighted by Gasteiger charge is -2.35. The van der Waals surface area contributed by atoms with E-state index in [-0.39, 0.29) is 11.5 Å². The number of nitrogens with one attached hydrogen (secondary N) is 1. The summed E-state index contributed by atoms with van der Waals surface area (Å²) < 4.78 is 5.26. The normalized spacial score (nSPS) is 23.0. The highest BCUT2D eigenvalue weighted by Gasteiger charge is 2.27. The highest BCUT2D eigenvalue weighted by atomic mass is 16.5. The Balaban J connectivity index is 2.31. The van der Waals surface area contributed by atoms with Gasteiger partial charge in [0, 0.05) is 25.3 Å². The monoisotopic (exact) mass is 201 g/mol. The van der Waals surface area contributed by atoms with Crippen molar-refractivity contribution in [3.8, 4) is 0 Å². The summed E-state index contributed by atoms with van der Waals surface area (Å²) in [5, 5.41) is 12.0. The zero-order valence-corrected chi connectivity index (χ0v) is 8.88. The van der Waals surface area contributed by atoms with E-state index >= 15 is 0 Å². The third-order valence-corrected chi connectivity index (χ3v) is 2.85. The van der Waals surface area contributed by atoms with Crippen LogP contribution in [0.2, 0.25) is 0 Å². The van der Waals surface area contributed by atoms with Gasteiger partial charge in [-0.05, 0) is 19.8 Å². The van der Waals surface area contributed by atoms with Gasteiger partial charge in [0.25, 0.3) is 0 Å². The molecule has 0 spiro atoms. The first-order chi connectivity index (χ1) is 6.53. The van der Waals surface area contributed by atoms with E-state index in [0.717, 1.165) is 26.1 Å². The van der Waals surface area contributed by atoms with Crippen LogP contribution in [0.1, 0.15) is 26.7 Å². The summed E-state index contributed by atoms with van der Waals surface area (Å²) in [6.45, 7) is 5.92.